The van der Waals surface area contributed by atoms with E-state index in [1.54, 1.807) is 6.92 Å². The minimum absolute atomic E-state index is 0.150. The molecular weight excluding hydrogens is 415 g/mol. The van der Waals surface area contributed by atoms with Crippen LogP contribution in [0, 0.1) is 6.92 Å². The molecular formula is C18H17Cl3N2O2S. The molecule has 0 radical (unpaired) electrons. The van der Waals surface area contributed by atoms with Gasteiger partial charge < -0.3 is 10.6 Å². The van der Waals surface area contributed by atoms with Crippen molar-refractivity contribution in [3.63, 3.8) is 0 Å². The molecule has 2 aromatic rings. The van der Waals surface area contributed by atoms with Crippen molar-refractivity contribution in [1.82, 2.24) is 0 Å². The van der Waals surface area contributed by atoms with E-state index in [1.165, 1.54) is 23.9 Å². The third-order valence-corrected chi connectivity index (χ3v) is 5.61. The maximum absolute atomic E-state index is 12.3. The minimum atomic E-state index is -0.454. The van der Waals surface area contributed by atoms with Gasteiger partial charge >= 0.3 is 0 Å². The molecule has 0 heterocycles. The maximum atomic E-state index is 12.3. The molecule has 26 heavy (non-hydrogen) atoms. The number of hydrogen-bond acceptors (Lipinski definition) is 3. The molecule has 0 saturated heterocycles. The van der Waals surface area contributed by atoms with E-state index in [-0.39, 0.29) is 17.6 Å². The summed E-state index contributed by atoms with van der Waals surface area (Å²) in [5.74, 6) is -0.304. The number of benzene rings is 2. The summed E-state index contributed by atoms with van der Waals surface area (Å²) in [6.07, 6.45) is 0. The number of anilines is 2. The molecule has 2 aromatic carbocycles. The van der Waals surface area contributed by atoms with Gasteiger partial charge in [0.25, 0.3) is 0 Å². The van der Waals surface area contributed by atoms with Crippen LogP contribution in [0.15, 0.2) is 36.4 Å². The van der Waals surface area contributed by atoms with Crippen molar-refractivity contribution in [3.05, 3.63) is 57.0 Å². The Bertz CT molecular complexity index is 813. The smallest absolute Gasteiger partial charge is 0.237 e. The van der Waals surface area contributed by atoms with E-state index >= 15 is 0 Å². The lowest BCUT2D eigenvalue weighted by Crippen LogP contribution is -2.25. The predicted molar refractivity (Wildman–Crippen MR) is 112 cm³/mol. The zero-order valence-corrected chi connectivity index (χ0v) is 17.2. The molecule has 2 amide bonds. The number of carbonyl (C=O) groups excluding carboxylic acids is 2. The minimum Gasteiger partial charge on any atom is -0.325 e. The zero-order chi connectivity index (χ0) is 19.3. The molecule has 0 saturated carbocycles. The van der Waals surface area contributed by atoms with Crippen molar-refractivity contribution in [3.8, 4) is 0 Å². The lowest BCUT2D eigenvalue weighted by atomic mass is 10.2. The molecule has 0 fully saturated rings. The first kappa shape index (κ1) is 20.9. The first-order valence-electron chi connectivity index (χ1n) is 7.70. The van der Waals surface area contributed by atoms with E-state index in [1.807, 2.05) is 31.2 Å². The van der Waals surface area contributed by atoms with E-state index in [2.05, 4.69) is 10.6 Å². The Hall–Kier alpha value is -1.40. The summed E-state index contributed by atoms with van der Waals surface area (Å²) in [5.41, 5.74) is 2.21. The van der Waals surface area contributed by atoms with Gasteiger partial charge in [-0.3, -0.25) is 9.59 Å². The van der Waals surface area contributed by atoms with Crippen LogP contribution in [-0.2, 0) is 9.59 Å². The first-order valence-corrected chi connectivity index (χ1v) is 9.88. The maximum Gasteiger partial charge on any atom is 0.237 e. The van der Waals surface area contributed by atoms with Gasteiger partial charge in [-0.1, -0.05) is 52.5 Å². The average molecular weight is 432 g/mol. The van der Waals surface area contributed by atoms with Crippen LogP contribution >= 0.6 is 46.6 Å². The number of carbonyl (C=O) groups is 2. The predicted octanol–water partition coefficient (Wildman–Crippen LogP) is 5.65. The summed E-state index contributed by atoms with van der Waals surface area (Å²) in [7, 11) is 0. The highest BCUT2D eigenvalue weighted by molar-refractivity contribution is 8.01. The fraction of sp³-hybridized carbons (Fsp3) is 0.222. The van der Waals surface area contributed by atoms with Gasteiger partial charge in [0, 0.05) is 5.69 Å². The Morgan fingerprint density at radius 1 is 1.00 bits per heavy atom. The molecule has 8 heteroatoms. The van der Waals surface area contributed by atoms with Gasteiger partial charge in [-0.05, 0) is 38.1 Å². The summed E-state index contributed by atoms with van der Waals surface area (Å²) >= 11 is 19.1. The molecule has 0 aliphatic rings. The Balaban J connectivity index is 1.86. The van der Waals surface area contributed by atoms with Gasteiger partial charge in [-0.15, -0.1) is 11.8 Å². The van der Waals surface area contributed by atoms with Crippen LogP contribution in [0.3, 0.4) is 0 Å². The van der Waals surface area contributed by atoms with Crippen LogP contribution in [-0.4, -0.2) is 22.8 Å². The molecule has 1 unspecified atom stereocenters. The van der Waals surface area contributed by atoms with Crippen molar-refractivity contribution < 1.29 is 9.59 Å². The van der Waals surface area contributed by atoms with Crippen LogP contribution in [0.1, 0.15) is 12.5 Å². The molecule has 0 bridgehead atoms. The quantitative estimate of drug-likeness (QED) is 0.581. The number of nitrogens with one attached hydrogen (secondary N) is 2. The normalized spacial score (nSPS) is 11.7. The third kappa shape index (κ3) is 6.09. The van der Waals surface area contributed by atoms with E-state index in [4.69, 9.17) is 34.8 Å². The molecule has 1 atom stereocenters. The molecule has 138 valence electrons. The SMILES string of the molecule is Cc1ccc(NC(=O)CSC(C)C(=O)Nc2cc(Cl)c(Cl)cc2Cl)cc1. The second-order valence-electron chi connectivity index (χ2n) is 5.60. The number of hydrogen-bond donors (Lipinski definition) is 2. The summed E-state index contributed by atoms with van der Waals surface area (Å²) < 4.78 is 0. The van der Waals surface area contributed by atoms with Gasteiger partial charge in [0.15, 0.2) is 0 Å². The summed E-state index contributed by atoms with van der Waals surface area (Å²) in [5, 5.41) is 5.93. The second-order valence-corrected chi connectivity index (χ2v) is 8.15. The van der Waals surface area contributed by atoms with E-state index < -0.39 is 5.25 Å². The van der Waals surface area contributed by atoms with Crippen molar-refractivity contribution in [2.75, 3.05) is 16.4 Å². The molecule has 0 spiro atoms. The van der Waals surface area contributed by atoms with E-state index in [0.29, 0.717) is 20.8 Å². The number of rotatable bonds is 6. The molecule has 0 aliphatic heterocycles. The fourth-order valence-electron chi connectivity index (χ4n) is 1.96. The van der Waals surface area contributed by atoms with Crippen LogP contribution in [0.5, 0.6) is 0 Å². The number of aryl methyl sites for hydroxylation is 1. The topological polar surface area (TPSA) is 58.2 Å². The summed E-state index contributed by atoms with van der Waals surface area (Å²) in [6.45, 7) is 3.69. The second kappa shape index (κ2) is 9.51. The van der Waals surface area contributed by atoms with Crippen molar-refractivity contribution >= 4 is 69.8 Å². The van der Waals surface area contributed by atoms with Crippen molar-refractivity contribution in [2.45, 2.75) is 19.1 Å². The molecule has 2 rings (SSSR count). The zero-order valence-electron chi connectivity index (χ0n) is 14.1. The van der Waals surface area contributed by atoms with E-state index in [0.717, 1.165) is 11.3 Å². The van der Waals surface area contributed by atoms with Crippen molar-refractivity contribution in [1.29, 1.82) is 0 Å². The van der Waals surface area contributed by atoms with Gasteiger partial charge in [0.05, 0.1) is 31.8 Å². The van der Waals surface area contributed by atoms with Crippen molar-refractivity contribution in [2.24, 2.45) is 0 Å². The lowest BCUT2D eigenvalue weighted by molar-refractivity contribution is -0.115. The van der Waals surface area contributed by atoms with Crippen LogP contribution in [0.25, 0.3) is 0 Å². The van der Waals surface area contributed by atoms with Crippen LogP contribution < -0.4 is 10.6 Å². The molecule has 4 nitrogen and oxygen atoms in total. The van der Waals surface area contributed by atoms with Gasteiger partial charge in [-0.2, -0.15) is 0 Å². The standard InChI is InChI=1S/C18H17Cl3N2O2S/c1-10-3-5-12(6-4-10)22-17(24)9-26-11(2)18(25)23-16-8-14(20)13(19)7-15(16)21/h3-8,11H,9H2,1-2H3,(H,22,24)(H,23,25). The van der Waals surface area contributed by atoms with Crippen LogP contribution in [0.4, 0.5) is 11.4 Å². The Morgan fingerprint density at radius 3 is 2.27 bits per heavy atom. The highest BCUT2D eigenvalue weighted by Gasteiger charge is 2.17. The Morgan fingerprint density at radius 2 is 1.62 bits per heavy atom. The highest BCUT2D eigenvalue weighted by Crippen LogP contribution is 2.32. The Kier molecular flexibility index (Phi) is 7.65. The van der Waals surface area contributed by atoms with E-state index in [9.17, 15) is 9.59 Å². The molecule has 2 N–H and O–H groups in total. The lowest BCUT2D eigenvalue weighted by Gasteiger charge is -2.13. The van der Waals surface area contributed by atoms with Gasteiger partial charge in [0.2, 0.25) is 11.8 Å². The first-order chi connectivity index (χ1) is 12.3. The summed E-state index contributed by atoms with van der Waals surface area (Å²) in [6, 6.07) is 10.5. The van der Waals surface area contributed by atoms with Crippen LogP contribution in [0.2, 0.25) is 15.1 Å². The number of amides is 2. The highest BCUT2D eigenvalue weighted by atomic mass is 35.5. The number of halogens is 3. The average Bonchev–Trinajstić information content (AvgIpc) is 2.59. The largest absolute Gasteiger partial charge is 0.325 e. The fourth-order valence-corrected chi connectivity index (χ4v) is 3.24. The monoisotopic (exact) mass is 430 g/mol. The molecule has 0 aromatic heterocycles. The molecule has 0 aliphatic carbocycles. The summed E-state index contributed by atoms with van der Waals surface area (Å²) in [4.78, 5) is 24.3. The third-order valence-electron chi connectivity index (χ3n) is 3.44. The Labute approximate surface area is 171 Å². The number of thioether (sulfide) groups is 1. The van der Waals surface area contributed by atoms with Gasteiger partial charge in [-0.25, -0.2) is 0 Å². The van der Waals surface area contributed by atoms with Gasteiger partial charge in [0.1, 0.15) is 0 Å².